The summed E-state index contributed by atoms with van der Waals surface area (Å²) in [7, 11) is -0.595. The Hall–Kier alpha value is -3.64. The number of amides is 1. The zero-order valence-corrected chi connectivity index (χ0v) is 28.6. The van der Waals surface area contributed by atoms with E-state index in [0.29, 0.717) is 26.2 Å². The van der Waals surface area contributed by atoms with E-state index in [1.165, 1.54) is 4.31 Å². The number of hydrogen-bond donors (Lipinski definition) is 1. The summed E-state index contributed by atoms with van der Waals surface area (Å²) in [5, 5.41) is 2.85. The molecule has 1 saturated heterocycles. The fraction of sp³-hybridized carbons (Fsp3) is 0.472. The summed E-state index contributed by atoms with van der Waals surface area (Å²) in [6.07, 6.45) is 0.914. The lowest BCUT2D eigenvalue weighted by molar-refractivity contribution is -0.122. The van der Waals surface area contributed by atoms with Gasteiger partial charge < -0.3 is 29.2 Å². The Morgan fingerprint density at radius 3 is 2.51 bits per heavy atom. The van der Waals surface area contributed by atoms with Crippen LogP contribution in [-0.4, -0.2) is 84.4 Å². The van der Waals surface area contributed by atoms with Crippen LogP contribution in [0.3, 0.4) is 0 Å². The number of nitrogens with zero attached hydrogens (tertiary/aromatic N) is 2. The fourth-order valence-corrected chi connectivity index (χ4v) is 8.09. The number of sulfonamides is 1. The monoisotopic (exact) mass is 665 g/mol. The Morgan fingerprint density at radius 2 is 1.81 bits per heavy atom. The first kappa shape index (κ1) is 34.7. The van der Waals surface area contributed by atoms with Crippen LogP contribution in [0.2, 0.25) is 0 Å². The standard InChI is InChI=1S/C36H47N3O7S/c1-5-37-36(40)23-29-22-32(28-10-12-30(44-4)13-11-28)35(24-39(29)47(41,42)31-14-7-26(2)8-15-31)46-25-27-9-16-34-33(21-27)38(18-20-45-34)17-6-19-43-3/h7-16,21,29,32,35H,5-6,17-20,22-25H2,1-4H3,(H,37,40)/t29-,32-,35+/m1/s1. The van der Waals surface area contributed by atoms with Gasteiger partial charge in [-0.1, -0.05) is 35.9 Å². The zero-order valence-electron chi connectivity index (χ0n) is 27.8. The molecule has 2 aliphatic heterocycles. The normalized spacial score (nSPS) is 19.9. The highest BCUT2D eigenvalue weighted by Gasteiger charge is 2.43. The van der Waals surface area contributed by atoms with E-state index in [2.05, 4.69) is 16.3 Å². The Bertz CT molecular complexity index is 1580. The summed E-state index contributed by atoms with van der Waals surface area (Å²) in [5.74, 6) is 1.24. The first-order valence-corrected chi connectivity index (χ1v) is 17.8. The van der Waals surface area contributed by atoms with Gasteiger partial charge in [-0.25, -0.2) is 8.42 Å². The van der Waals surface area contributed by atoms with E-state index in [1.807, 2.05) is 50.2 Å². The van der Waals surface area contributed by atoms with E-state index in [9.17, 15) is 13.2 Å². The first-order chi connectivity index (χ1) is 22.7. The highest BCUT2D eigenvalue weighted by molar-refractivity contribution is 7.89. The number of benzene rings is 3. The second kappa shape index (κ2) is 16.0. The van der Waals surface area contributed by atoms with Gasteiger partial charge in [-0.2, -0.15) is 4.31 Å². The number of piperidine rings is 1. The predicted octanol–water partition coefficient (Wildman–Crippen LogP) is 4.90. The van der Waals surface area contributed by atoms with Gasteiger partial charge in [-0.15, -0.1) is 0 Å². The largest absolute Gasteiger partial charge is 0.497 e. The topological polar surface area (TPSA) is 107 Å². The van der Waals surface area contributed by atoms with Crippen LogP contribution in [-0.2, 0) is 30.9 Å². The third kappa shape index (κ3) is 8.45. The summed E-state index contributed by atoms with van der Waals surface area (Å²) in [6.45, 7) is 7.61. The second-order valence-electron chi connectivity index (χ2n) is 12.1. The third-order valence-corrected chi connectivity index (χ3v) is 10.9. The zero-order chi connectivity index (χ0) is 33.4. The van der Waals surface area contributed by atoms with Crippen molar-refractivity contribution in [3.05, 3.63) is 83.4 Å². The minimum absolute atomic E-state index is 0.0576. The molecule has 1 N–H and O–H groups in total. The average Bonchev–Trinajstić information content (AvgIpc) is 3.08. The van der Waals surface area contributed by atoms with Crippen molar-refractivity contribution < 1.29 is 32.2 Å². The molecule has 0 radical (unpaired) electrons. The Balaban J connectivity index is 1.45. The number of aryl methyl sites for hydroxylation is 1. The van der Waals surface area contributed by atoms with Crippen LogP contribution in [0.1, 0.15) is 48.8 Å². The average molecular weight is 666 g/mol. The highest BCUT2D eigenvalue weighted by atomic mass is 32.2. The molecule has 1 fully saturated rings. The number of carbonyl (C=O) groups excluding carboxylic acids is 1. The number of ether oxygens (including phenoxy) is 4. The molecule has 0 spiro atoms. The molecule has 3 aromatic rings. The van der Waals surface area contributed by atoms with Crippen LogP contribution in [0, 0.1) is 6.92 Å². The maximum Gasteiger partial charge on any atom is 0.243 e. The highest BCUT2D eigenvalue weighted by Crippen LogP contribution is 2.39. The molecule has 0 bridgehead atoms. The van der Waals surface area contributed by atoms with E-state index in [-0.39, 0.29) is 36.3 Å². The number of hydrogen-bond acceptors (Lipinski definition) is 8. The van der Waals surface area contributed by atoms with Crippen molar-refractivity contribution in [1.29, 1.82) is 0 Å². The van der Waals surface area contributed by atoms with Crippen LogP contribution >= 0.6 is 0 Å². The smallest absolute Gasteiger partial charge is 0.243 e. The number of anilines is 1. The molecule has 0 aliphatic carbocycles. The summed E-state index contributed by atoms with van der Waals surface area (Å²) in [5.41, 5.74) is 3.97. The molecule has 0 saturated carbocycles. The van der Waals surface area contributed by atoms with Gasteiger partial charge in [0.25, 0.3) is 0 Å². The maximum absolute atomic E-state index is 14.2. The molecule has 254 valence electrons. The molecule has 2 heterocycles. The molecule has 3 atom stereocenters. The fourth-order valence-electron chi connectivity index (χ4n) is 6.44. The lowest BCUT2D eigenvalue weighted by atomic mass is 9.83. The summed E-state index contributed by atoms with van der Waals surface area (Å²) in [4.78, 5) is 15.4. The van der Waals surface area contributed by atoms with Crippen LogP contribution in [0.5, 0.6) is 11.5 Å². The number of rotatable bonds is 14. The van der Waals surface area contributed by atoms with E-state index in [0.717, 1.165) is 53.4 Å². The predicted molar refractivity (Wildman–Crippen MR) is 182 cm³/mol. The van der Waals surface area contributed by atoms with Gasteiger partial charge in [0.1, 0.15) is 18.1 Å². The van der Waals surface area contributed by atoms with Crippen molar-refractivity contribution in [2.45, 2.75) is 62.7 Å². The number of methoxy groups -OCH3 is 2. The SMILES string of the molecule is CCNC(=O)C[C@H]1C[C@H](c2ccc(OC)cc2)[C@@H](OCc2ccc3c(c2)N(CCCOC)CCO3)CN1S(=O)(=O)c1ccc(C)cc1. The van der Waals surface area contributed by atoms with Crippen molar-refractivity contribution in [2.24, 2.45) is 0 Å². The number of fused-ring (bicyclic) bond motifs is 1. The summed E-state index contributed by atoms with van der Waals surface area (Å²) < 4.78 is 53.1. The lowest BCUT2D eigenvalue weighted by Crippen LogP contribution is -2.53. The Kier molecular flexibility index (Phi) is 11.8. The lowest BCUT2D eigenvalue weighted by Gasteiger charge is -2.43. The summed E-state index contributed by atoms with van der Waals surface area (Å²) in [6, 6.07) is 20.2. The van der Waals surface area contributed by atoms with Crippen molar-refractivity contribution in [3.63, 3.8) is 0 Å². The van der Waals surface area contributed by atoms with Crippen LogP contribution in [0.15, 0.2) is 71.6 Å². The molecule has 47 heavy (non-hydrogen) atoms. The molecule has 3 aromatic carbocycles. The molecule has 0 aromatic heterocycles. The number of carbonyl (C=O) groups is 1. The van der Waals surface area contributed by atoms with Gasteiger partial charge in [0, 0.05) is 51.7 Å². The van der Waals surface area contributed by atoms with Gasteiger partial charge in [0.15, 0.2) is 0 Å². The van der Waals surface area contributed by atoms with E-state index >= 15 is 0 Å². The van der Waals surface area contributed by atoms with Gasteiger partial charge in [-0.3, -0.25) is 4.79 Å². The second-order valence-corrected chi connectivity index (χ2v) is 14.0. The van der Waals surface area contributed by atoms with E-state index in [4.69, 9.17) is 18.9 Å². The maximum atomic E-state index is 14.2. The Labute approximate surface area is 279 Å². The third-order valence-electron chi connectivity index (χ3n) is 8.93. The molecule has 2 aliphatic rings. The first-order valence-electron chi connectivity index (χ1n) is 16.3. The van der Waals surface area contributed by atoms with Gasteiger partial charge in [0.05, 0.1) is 36.9 Å². The molecule has 11 heteroatoms. The van der Waals surface area contributed by atoms with Crippen molar-refractivity contribution in [3.8, 4) is 11.5 Å². The molecular weight excluding hydrogens is 618 g/mol. The molecule has 10 nitrogen and oxygen atoms in total. The minimum atomic E-state index is -3.93. The summed E-state index contributed by atoms with van der Waals surface area (Å²) >= 11 is 0. The minimum Gasteiger partial charge on any atom is -0.497 e. The molecule has 5 rings (SSSR count). The molecule has 0 unspecified atom stereocenters. The van der Waals surface area contributed by atoms with Crippen molar-refractivity contribution >= 4 is 21.6 Å². The van der Waals surface area contributed by atoms with Gasteiger partial charge in [0.2, 0.25) is 15.9 Å². The number of nitrogens with one attached hydrogen (secondary N) is 1. The molecule has 1 amide bonds. The Morgan fingerprint density at radius 1 is 1.04 bits per heavy atom. The van der Waals surface area contributed by atoms with Crippen molar-refractivity contribution in [1.82, 2.24) is 9.62 Å². The molecular formula is C36H47N3O7S. The van der Waals surface area contributed by atoms with E-state index < -0.39 is 22.2 Å². The van der Waals surface area contributed by atoms with Crippen LogP contribution in [0.25, 0.3) is 0 Å². The van der Waals surface area contributed by atoms with Crippen LogP contribution in [0.4, 0.5) is 5.69 Å². The van der Waals surface area contributed by atoms with E-state index in [1.54, 1.807) is 38.5 Å². The van der Waals surface area contributed by atoms with Gasteiger partial charge in [-0.05, 0) is 74.2 Å². The van der Waals surface area contributed by atoms with Crippen molar-refractivity contribution in [2.75, 3.05) is 58.5 Å². The van der Waals surface area contributed by atoms with Crippen LogP contribution < -0.4 is 19.7 Å². The van der Waals surface area contributed by atoms with Gasteiger partial charge >= 0.3 is 0 Å². The quantitative estimate of drug-likeness (QED) is 0.243.